The van der Waals surface area contributed by atoms with Crippen LogP contribution < -0.4 is 10.2 Å². The van der Waals surface area contributed by atoms with Crippen LogP contribution >= 0.6 is 0 Å². The first-order valence-electron chi connectivity index (χ1n) is 8.48. The number of hydrogen-bond donors (Lipinski definition) is 1. The van der Waals surface area contributed by atoms with E-state index in [1.807, 2.05) is 12.1 Å². The molecule has 0 heterocycles. The second-order valence-corrected chi connectivity index (χ2v) is 5.62. The third kappa shape index (κ3) is 4.80. The molecule has 0 radical (unpaired) electrons. The van der Waals surface area contributed by atoms with Gasteiger partial charge in [-0.25, -0.2) is 0 Å². The van der Waals surface area contributed by atoms with Crippen LogP contribution in [-0.4, -0.2) is 31.8 Å². The van der Waals surface area contributed by atoms with Crippen LogP contribution in [0.2, 0.25) is 0 Å². The number of allylic oxidation sites excluding steroid dienone is 1. The molecule has 0 bridgehead atoms. The van der Waals surface area contributed by atoms with Crippen molar-refractivity contribution in [1.82, 2.24) is 5.32 Å². The number of ketones is 1. The van der Waals surface area contributed by atoms with Gasteiger partial charge >= 0.3 is 0 Å². The standard InChI is InChI=1S/C21H24N2O2/c1-4-23(5-2)19-13-6-16(7-14-19)8-15-20(24)17-9-11-18(12-10-17)21(25)22-3/h6-15H,4-5H2,1-3H3,(H,22,25)/b15-8+. The molecule has 1 N–H and O–H groups in total. The molecule has 1 amide bonds. The van der Waals surface area contributed by atoms with Gasteiger partial charge in [-0.3, -0.25) is 9.59 Å². The van der Waals surface area contributed by atoms with Crippen molar-refractivity contribution in [2.24, 2.45) is 0 Å². The Morgan fingerprint density at radius 2 is 1.48 bits per heavy atom. The van der Waals surface area contributed by atoms with E-state index in [4.69, 9.17) is 0 Å². The number of benzene rings is 2. The summed E-state index contributed by atoms with van der Waals surface area (Å²) in [5.41, 5.74) is 3.25. The number of anilines is 1. The van der Waals surface area contributed by atoms with Gasteiger partial charge in [0.1, 0.15) is 0 Å². The number of nitrogens with zero attached hydrogens (tertiary/aromatic N) is 1. The largest absolute Gasteiger partial charge is 0.372 e. The van der Waals surface area contributed by atoms with Gasteiger partial charge in [0.15, 0.2) is 5.78 Å². The molecule has 0 fully saturated rings. The summed E-state index contributed by atoms with van der Waals surface area (Å²) in [5.74, 6) is -0.251. The van der Waals surface area contributed by atoms with E-state index in [-0.39, 0.29) is 11.7 Å². The fourth-order valence-electron chi connectivity index (χ4n) is 2.58. The molecule has 0 aliphatic carbocycles. The minimum Gasteiger partial charge on any atom is -0.372 e. The van der Waals surface area contributed by atoms with E-state index in [0.29, 0.717) is 11.1 Å². The fourth-order valence-corrected chi connectivity index (χ4v) is 2.58. The summed E-state index contributed by atoms with van der Waals surface area (Å²) < 4.78 is 0. The Kier molecular flexibility index (Phi) is 6.52. The van der Waals surface area contributed by atoms with Gasteiger partial charge in [0.05, 0.1) is 0 Å². The SMILES string of the molecule is CCN(CC)c1ccc(/C=C/C(=O)c2ccc(C(=O)NC)cc2)cc1. The molecule has 25 heavy (non-hydrogen) atoms. The Balaban J connectivity index is 2.05. The van der Waals surface area contributed by atoms with Gasteiger partial charge in [0.25, 0.3) is 5.91 Å². The summed E-state index contributed by atoms with van der Waals surface area (Å²) >= 11 is 0. The van der Waals surface area contributed by atoms with Crippen molar-refractivity contribution in [1.29, 1.82) is 0 Å². The highest BCUT2D eigenvalue weighted by Crippen LogP contribution is 2.16. The Morgan fingerprint density at radius 1 is 0.920 bits per heavy atom. The molecule has 0 aliphatic heterocycles. The van der Waals surface area contributed by atoms with Crippen LogP contribution in [0.1, 0.15) is 40.1 Å². The molecular formula is C21H24N2O2. The number of rotatable bonds is 7. The molecule has 2 rings (SSSR count). The molecule has 130 valence electrons. The summed E-state index contributed by atoms with van der Waals surface area (Å²) in [7, 11) is 1.58. The first-order chi connectivity index (χ1) is 12.1. The van der Waals surface area contributed by atoms with E-state index in [9.17, 15) is 9.59 Å². The third-order valence-electron chi connectivity index (χ3n) is 4.11. The lowest BCUT2D eigenvalue weighted by molar-refractivity contribution is 0.0961. The first kappa shape index (κ1) is 18.5. The van der Waals surface area contributed by atoms with Crippen LogP contribution in [0.15, 0.2) is 54.6 Å². The van der Waals surface area contributed by atoms with Gasteiger partial charge in [-0.15, -0.1) is 0 Å². The van der Waals surface area contributed by atoms with Gasteiger partial charge < -0.3 is 10.2 Å². The van der Waals surface area contributed by atoms with Gasteiger partial charge in [0, 0.05) is 37.0 Å². The molecule has 4 nitrogen and oxygen atoms in total. The van der Waals surface area contributed by atoms with Gasteiger partial charge in [-0.05, 0) is 49.8 Å². The molecule has 0 aromatic heterocycles. The molecule has 2 aromatic rings. The highest BCUT2D eigenvalue weighted by molar-refractivity contribution is 6.07. The lowest BCUT2D eigenvalue weighted by atomic mass is 10.1. The van der Waals surface area contributed by atoms with Gasteiger partial charge in [0.2, 0.25) is 0 Å². The fraction of sp³-hybridized carbons (Fsp3) is 0.238. The predicted molar refractivity (Wildman–Crippen MR) is 103 cm³/mol. The zero-order valence-corrected chi connectivity index (χ0v) is 15.0. The van der Waals surface area contributed by atoms with Crippen molar-refractivity contribution < 1.29 is 9.59 Å². The smallest absolute Gasteiger partial charge is 0.251 e. The zero-order valence-electron chi connectivity index (χ0n) is 15.0. The van der Waals surface area contributed by atoms with E-state index in [2.05, 4.69) is 36.2 Å². The number of nitrogens with one attached hydrogen (secondary N) is 1. The van der Waals surface area contributed by atoms with Crippen molar-refractivity contribution in [3.63, 3.8) is 0 Å². The van der Waals surface area contributed by atoms with Crippen molar-refractivity contribution in [2.75, 3.05) is 25.0 Å². The number of hydrogen-bond acceptors (Lipinski definition) is 3. The Hall–Kier alpha value is -2.88. The summed E-state index contributed by atoms with van der Waals surface area (Å²) in [6.07, 6.45) is 3.36. The second kappa shape index (κ2) is 8.83. The zero-order chi connectivity index (χ0) is 18.2. The number of carbonyl (C=O) groups is 2. The number of amides is 1. The molecule has 0 unspecified atom stereocenters. The molecule has 2 aromatic carbocycles. The maximum atomic E-state index is 12.2. The minimum absolute atomic E-state index is 0.0868. The highest BCUT2D eigenvalue weighted by atomic mass is 16.1. The molecule has 0 saturated carbocycles. The monoisotopic (exact) mass is 336 g/mol. The maximum absolute atomic E-state index is 12.2. The van der Waals surface area contributed by atoms with E-state index < -0.39 is 0 Å². The molecule has 0 saturated heterocycles. The second-order valence-electron chi connectivity index (χ2n) is 5.62. The number of carbonyl (C=O) groups excluding carboxylic acids is 2. The average Bonchev–Trinajstić information content (AvgIpc) is 2.67. The first-order valence-corrected chi connectivity index (χ1v) is 8.48. The van der Waals surface area contributed by atoms with Crippen LogP contribution in [0.4, 0.5) is 5.69 Å². The van der Waals surface area contributed by atoms with E-state index in [1.165, 1.54) is 5.69 Å². The summed E-state index contributed by atoms with van der Waals surface area (Å²) in [6.45, 7) is 6.20. The van der Waals surface area contributed by atoms with E-state index >= 15 is 0 Å². The molecule has 0 spiro atoms. The van der Waals surface area contributed by atoms with Crippen molar-refractivity contribution >= 4 is 23.5 Å². The molecule has 4 heteroatoms. The van der Waals surface area contributed by atoms with Crippen LogP contribution in [0, 0.1) is 0 Å². The van der Waals surface area contributed by atoms with E-state index in [0.717, 1.165) is 18.7 Å². The minimum atomic E-state index is -0.164. The summed E-state index contributed by atoms with van der Waals surface area (Å²) in [6, 6.07) is 14.8. The van der Waals surface area contributed by atoms with E-state index in [1.54, 1.807) is 43.5 Å². The lowest BCUT2D eigenvalue weighted by Crippen LogP contribution is -2.21. The lowest BCUT2D eigenvalue weighted by Gasteiger charge is -2.20. The molecule has 0 aliphatic rings. The topological polar surface area (TPSA) is 49.4 Å². The third-order valence-corrected chi connectivity index (χ3v) is 4.11. The summed E-state index contributed by atoms with van der Waals surface area (Å²) in [4.78, 5) is 26.0. The van der Waals surface area contributed by atoms with Crippen molar-refractivity contribution in [3.8, 4) is 0 Å². The van der Waals surface area contributed by atoms with Crippen molar-refractivity contribution in [2.45, 2.75) is 13.8 Å². The average molecular weight is 336 g/mol. The quantitative estimate of drug-likeness (QED) is 0.618. The Morgan fingerprint density at radius 3 is 2.00 bits per heavy atom. The van der Waals surface area contributed by atoms with Crippen LogP contribution in [0.25, 0.3) is 6.08 Å². The summed E-state index contributed by atoms with van der Waals surface area (Å²) in [5, 5.41) is 2.56. The van der Waals surface area contributed by atoms with Gasteiger partial charge in [-0.2, -0.15) is 0 Å². The van der Waals surface area contributed by atoms with Crippen LogP contribution in [-0.2, 0) is 0 Å². The predicted octanol–water partition coefficient (Wildman–Crippen LogP) is 3.79. The van der Waals surface area contributed by atoms with Crippen LogP contribution in [0.3, 0.4) is 0 Å². The van der Waals surface area contributed by atoms with Crippen LogP contribution in [0.5, 0.6) is 0 Å². The maximum Gasteiger partial charge on any atom is 0.251 e. The van der Waals surface area contributed by atoms with Crippen molar-refractivity contribution in [3.05, 3.63) is 71.3 Å². The highest BCUT2D eigenvalue weighted by Gasteiger charge is 2.06. The molecule has 0 atom stereocenters. The Bertz CT molecular complexity index is 742. The normalized spacial score (nSPS) is 10.7. The van der Waals surface area contributed by atoms with Gasteiger partial charge in [-0.1, -0.05) is 30.3 Å². The Labute approximate surface area is 149 Å². The molecular weight excluding hydrogens is 312 g/mol.